The van der Waals surface area contributed by atoms with Gasteiger partial charge in [-0.2, -0.15) is 13.2 Å². The number of amides is 1. The van der Waals surface area contributed by atoms with E-state index < -0.39 is 17.6 Å². The lowest BCUT2D eigenvalue weighted by Crippen LogP contribution is -2.11. The number of nitrogens with two attached hydrogens (primary N) is 1. The highest BCUT2D eigenvalue weighted by Crippen LogP contribution is 2.39. The molecule has 6 heteroatoms. The Kier molecular flexibility index (Phi) is 3.72. The molecule has 2 aromatic carbocycles. The Morgan fingerprint density at radius 3 is 2.25 bits per heavy atom. The summed E-state index contributed by atoms with van der Waals surface area (Å²) in [6.07, 6.45) is -4.48. The zero-order valence-corrected chi connectivity index (χ0v) is 10.8. The molecule has 0 unspecified atom stereocenters. The molecule has 2 N–H and O–H groups in total. The van der Waals surface area contributed by atoms with Crippen molar-refractivity contribution in [2.75, 3.05) is 0 Å². The van der Waals surface area contributed by atoms with Gasteiger partial charge in [0.15, 0.2) is 0 Å². The van der Waals surface area contributed by atoms with E-state index >= 15 is 0 Å². The van der Waals surface area contributed by atoms with Crippen LogP contribution < -0.4 is 5.73 Å². The maximum Gasteiger partial charge on any atom is 0.417 e. The van der Waals surface area contributed by atoms with Crippen LogP contribution in [-0.2, 0) is 6.18 Å². The molecule has 0 spiro atoms. The van der Waals surface area contributed by atoms with Gasteiger partial charge in [0.1, 0.15) is 0 Å². The van der Waals surface area contributed by atoms with E-state index in [0.29, 0.717) is 0 Å². The summed E-state index contributed by atoms with van der Waals surface area (Å²) in [5, 5.41) is 0.0398. The molecule has 0 fully saturated rings. The number of rotatable bonds is 2. The standard InChI is InChI=1S/C14H9ClF3NO/c15-12-7-8(13(19)20)5-6-10(12)9-3-1-2-4-11(9)14(16,17)18/h1-7H,(H2,19,20). The average Bonchev–Trinajstić information content (AvgIpc) is 2.37. The van der Waals surface area contributed by atoms with Crippen LogP contribution in [0.25, 0.3) is 11.1 Å². The van der Waals surface area contributed by atoms with Crippen LogP contribution in [0, 0.1) is 0 Å². The zero-order valence-electron chi connectivity index (χ0n) is 10.0. The van der Waals surface area contributed by atoms with Gasteiger partial charge in [-0.15, -0.1) is 0 Å². The molecule has 0 radical (unpaired) electrons. The Morgan fingerprint density at radius 1 is 1.05 bits per heavy atom. The fraction of sp³-hybridized carbons (Fsp3) is 0.0714. The lowest BCUT2D eigenvalue weighted by atomic mass is 9.98. The highest BCUT2D eigenvalue weighted by atomic mass is 35.5. The Labute approximate surface area is 118 Å². The van der Waals surface area contributed by atoms with Gasteiger partial charge in [-0.25, -0.2) is 0 Å². The Balaban J connectivity index is 2.61. The summed E-state index contributed by atoms with van der Waals surface area (Å²) in [5.41, 5.74) is 4.61. The molecule has 1 amide bonds. The van der Waals surface area contributed by atoms with Crippen LogP contribution in [0.1, 0.15) is 15.9 Å². The van der Waals surface area contributed by atoms with Crippen LogP contribution >= 0.6 is 11.6 Å². The molecular weight excluding hydrogens is 291 g/mol. The van der Waals surface area contributed by atoms with Gasteiger partial charge in [0.2, 0.25) is 5.91 Å². The number of carbonyl (C=O) groups excluding carboxylic acids is 1. The van der Waals surface area contributed by atoms with Crippen molar-refractivity contribution in [2.24, 2.45) is 5.73 Å². The SMILES string of the molecule is NC(=O)c1ccc(-c2ccccc2C(F)(F)F)c(Cl)c1. The topological polar surface area (TPSA) is 43.1 Å². The van der Waals surface area contributed by atoms with Crippen LogP contribution in [0.5, 0.6) is 0 Å². The second-order valence-electron chi connectivity index (χ2n) is 4.10. The molecule has 2 nitrogen and oxygen atoms in total. The first-order chi connectivity index (χ1) is 9.30. The van der Waals surface area contributed by atoms with Gasteiger partial charge >= 0.3 is 6.18 Å². The lowest BCUT2D eigenvalue weighted by molar-refractivity contribution is -0.137. The van der Waals surface area contributed by atoms with E-state index in [1.807, 2.05) is 0 Å². The molecule has 0 saturated heterocycles. The molecule has 0 atom stereocenters. The molecule has 0 heterocycles. The fourth-order valence-electron chi connectivity index (χ4n) is 1.85. The largest absolute Gasteiger partial charge is 0.417 e. The minimum Gasteiger partial charge on any atom is -0.366 e. The van der Waals surface area contributed by atoms with Crippen molar-refractivity contribution in [3.63, 3.8) is 0 Å². The maximum absolute atomic E-state index is 13.0. The third kappa shape index (κ3) is 2.77. The van der Waals surface area contributed by atoms with Crippen molar-refractivity contribution in [3.05, 3.63) is 58.6 Å². The molecule has 2 rings (SSSR count). The summed E-state index contributed by atoms with van der Waals surface area (Å²) in [6, 6.07) is 9.05. The highest BCUT2D eigenvalue weighted by Gasteiger charge is 2.33. The second kappa shape index (κ2) is 5.17. The fourth-order valence-corrected chi connectivity index (χ4v) is 2.13. The van der Waals surface area contributed by atoms with Crippen molar-refractivity contribution in [2.45, 2.75) is 6.18 Å². The van der Waals surface area contributed by atoms with E-state index in [1.54, 1.807) is 0 Å². The smallest absolute Gasteiger partial charge is 0.366 e. The van der Waals surface area contributed by atoms with Gasteiger partial charge < -0.3 is 5.73 Å². The zero-order chi connectivity index (χ0) is 14.9. The van der Waals surface area contributed by atoms with E-state index in [4.69, 9.17) is 17.3 Å². The summed E-state index contributed by atoms with van der Waals surface area (Å²) >= 11 is 5.95. The number of hydrogen-bond acceptors (Lipinski definition) is 1. The normalized spacial score (nSPS) is 11.4. The van der Waals surface area contributed by atoms with Gasteiger partial charge in [0.05, 0.1) is 5.56 Å². The predicted octanol–water partition coefficient (Wildman–Crippen LogP) is 4.12. The van der Waals surface area contributed by atoms with E-state index in [2.05, 4.69) is 0 Å². The minimum atomic E-state index is -4.48. The van der Waals surface area contributed by atoms with E-state index in [0.717, 1.165) is 6.07 Å². The minimum absolute atomic E-state index is 0.0398. The van der Waals surface area contributed by atoms with E-state index in [-0.39, 0.29) is 21.7 Å². The number of alkyl halides is 3. The van der Waals surface area contributed by atoms with Crippen molar-refractivity contribution >= 4 is 17.5 Å². The number of carbonyl (C=O) groups is 1. The van der Waals surface area contributed by atoms with Crippen LogP contribution in [0.2, 0.25) is 5.02 Å². The summed E-state index contributed by atoms with van der Waals surface area (Å²) in [5.74, 6) is -0.692. The lowest BCUT2D eigenvalue weighted by Gasteiger charge is -2.14. The molecular formula is C14H9ClF3NO. The third-order valence-electron chi connectivity index (χ3n) is 2.78. The van der Waals surface area contributed by atoms with Crippen molar-refractivity contribution < 1.29 is 18.0 Å². The quantitative estimate of drug-likeness (QED) is 0.890. The van der Waals surface area contributed by atoms with Crippen molar-refractivity contribution in [3.8, 4) is 11.1 Å². The number of hydrogen-bond donors (Lipinski definition) is 1. The summed E-state index contributed by atoms with van der Waals surface area (Å²) in [6.45, 7) is 0. The van der Waals surface area contributed by atoms with Gasteiger partial charge in [-0.1, -0.05) is 35.9 Å². The number of primary amides is 1. The molecule has 0 aliphatic heterocycles. The van der Waals surface area contributed by atoms with Gasteiger partial charge in [0.25, 0.3) is 0 Å². The molecule has 0 aliphatic carbocycles. The van der Waals surface area contributed by atoms with Crippen LogP contribution in [0.4, 0.5) is 13.2 Å². The van der Waals surface area contributed by atoms with Crippen molar-refractivity contribution in [1.29, 1.82) is 0 Å². The molecule has 0 aliphatic rings. The molecule has 0 aromatic heterocycles. The van der Waals surface area contributed by atoms with E-state index in [9.17, 15) is 18.0 Å². The number of benzene rings is 2. The molecule has 2 aromatic rings. The Bertz CT molecular complexity index is 668. The average molecular weight is 300 g/mol. The second-order valence-corrected chi connectivity index (χ2v) is 4.51. The first kappa shape index (κ1) is 14.4. The summed E-state index contributed by atoms with van der Waals surface area (Å²) < 4.78 is 38.9. The third-order valence-corrected chi connectivity index (χ3v) is 3.09. The highest BCUT2D eigenvalue weighted by molar-refractivity contribution is 6.33. The first-order valence-electron chi connectivity index (χ1n) is 5.56. The molecule has 0 saturated carbocycles. The summed E-state index contributed by atoms with van der Waals surface area (Å²) in [4.78, 5) is 11.0. The predicted molar refractivity (Wildman–Crippen MR) is 70.4 cm³/mol. The van der Waals surface area contributed by atoms with Crippen LogP contribution in [-0.4, -0.2) is 5.91 Å². The van der Waals surface area contributed by atoms with E-state index in [1.165, 1.54) is 36.4 Å². The molecule has 0 bridgehead atoms. The van der Waals surface area contributed by atoms with Crippen molar-refractivity contribution in [1.82, 2.24) is 0 Å². The summed E-state index contributed by atoms with van der Waals surface area (Å²) in [7, 11) is 0. The van der Waals surface area contributed by atoms with Crippen LogP contribution in [0.15, 0.2) is 42.5 Å². The number of halogens is 4. The Hall–Kier alpha value is -2.01. The van der Waals surface area contributed by atoms with Gasteiger partial charge in [-0.3, -0.25) is 4.79 Å². The van der Waals surface area contributed by atoms with Gasteiger partial charge in [-0.05, 0) is 23.8 Å². The monoisotopic (exact) mass is 299 g/mol. The van der Waals surface area contributed by atoms with Crippen LogP contribution in [0.3, 0.4) is 0 Å². The molecule has 20 heavy (non-hydrogen) atoms. The van der Waals surface area contributed by atoms with Gasteiger partial charge in [0, 0.05) is 16.1 Å². The maximum atomic E-state index is 13.0. The Morgan fingerprint density at radius 2 is 1.70 bits per heavy atom. The first-order valence-corrected chi connectivity index (χ1v) is 5.94. The molecule has 104 valence electrons.